The normalized spacial score (nSPS) is 10.9. The molecule has 2 aromatic rings. The maximum Gasteiger partial charge on any atom is 0.0974 e. The summed E-state index contributed by atoms with van der Waals surface area (Å²) in [5.41, 5.74) is 2.95. The van der Waals surface area contributed by atoms with Crippen molar-refractivity contribution in [2.24, 2.45) is 0 Å². The average molecular weight is 240 g/mol. The number of aryl methyl sites for hydroxylation is 2. The van der Waals surface area contributed by atoms with Crippen molar-refractivity contribution in [3.8, 4) is 0 Å². The van der Waals surface area contributed by atoms with Gasteiger partial charge in [0.1, 0.15) is 0 Å². The molecule has 2 aromatic heterocycles. The van der Waals surface area contributed by atoms with E-state index in [-0.39, 0.29) is 0 Å². The molecule has 0 aliphatic rings. The van der Waals surface area contributed by atoms with E-state index in [9.17, 15) is 0 Å². The third kappa shape index (κ3) is 2.24. The first-order valence-electron chi connectivity index (χ1n) is 5.21. The number of halogens is 1. The minimum atomic E-state index is 0.395. The SMILES string of the molecule is CCn1nc(C)cc1Cn1cc(CCl)nn1. The van der Waals surface area contributed by atoms with Crippen LogP contribution < -0.4 is 0 Å². The summed E-state index contributed by atoms with van der Waals surface area (Å²) in [6, 6.07) is 2.06. The van der Waals surface area contributed by atoms with E-state index in [0.29, 0.717) is 12.4 Å². The lowest BCUT2D eigenvalue weighted by Crippen LogP contribution is -2.08. The summed E-state index contributed by atoms with van der Waals surface area (Å²) in [4.78, 5) is 0. The number of rotatable bonds is 4. The number of hydrogen-bond acceptors (Lipinski definition) is 3. The van der Waals surface area contributed by atoms with E-state index >= 15 is 0 Å². The van der Waals surface area contributed by atoms with Gasteiger partial charge in [0.05, 0.1) is 35.7 Å². The Morgan fingerprint density at radius 3 is 2.88 bits per heavy atom. The van der Waals surface area contributed by atoms with Crippen molar-refractivity contribution in [2.45, 2.75) is 32.8 Å². The zero-order valence-electron chi connectivity index (χ0n) is 9.39. The van der Waals surface area contributed by atoms with Gasteiger partial charge in [0.15, 0.2) is 0 Å². The third-order valence-corrected chi connectivity index (χ3v) is 2.61. The summed E-state index contributed by atoms with van der Waals surface area (Å²) >= 11 is 5.67. The van der Waals surface area contributed by atoms with Gasteiger partial charge in [-0.05, 0) is 19.9 Å². The van der Waals surface area contributed by atoms with Crippen molar-refractivity contribution < 1.29 is 0 Å². The first-order chi connectivity index (χ1) is 7.72. The Bertz CT molecular complexity index is 473. The van der Waals surface area contributed by atoms with Gasteiger partial charge in [0.25, 0.3) is 0 Å². The Hall–Kier alpha value is -1.36. The second-order valence-corrected chi connectivity index (χ2v) is 3.90. The molecule has 0 saturated carbocycles. The van der Waals surface area contributed by atoms with Gasteiger partial charge in [-0.2, -0.15) is 5.10 Å². The molecule has 0 amide bonds. The summed E-state index contributed by atoms with van der Waals surface area (Å²) in [6.45, 7) is 5.60. The van der Waals surface area contributed by atoms with Crippen LogP contribution >= 0.6 is 11.6 Å². The Kier molecular flexibility index (Phi) is 3.24. The highest BCUT2D eigenvalue weighted by molar-refractivity contribution is 6.16. The molecule has 0 bridgehead atoms. The topological polar surface area (TPSA) is 48.5 Å². The Balaban J connectivity index is 2.19. The van der Waals surface area contributed by atoms with Crippen molar-refractivity contribution in [3.05, 3.63) is 29.3 Å². The average Bonchev–Trinajstić information content (AvgIpc) is 2.85. The fraction of sp³-hybridized carbons (Fsp3) is 0.500. The predicted octanol–water partition coefficient (Wildman–Crippen LogP) is 1.59. The standard InChI is InChI=1S/C10H14ClN5/c1-3-16-10(4-8(2)13-16)7-15-6-9(5-11)12-14-15/h4,6H,3,5,7H2,1-2H3. The lowest BCUT2D eigenvalue weighted by molar-refractivity contribution is 0.565. The van der Waals surface area contributed by atoms with Gasteiger partial charge in [-0.15, -0.1) is 16.7 Å². The number of alkyl halides is 1. The molecule has 16 heavy (non-hydrogen) atoms. The molecule has 0 N–H and O–H groups in total. The van der Waals surface area contributed by atoms with Gasteiger partial charge >= 0.3 is 0 Å². The number of nitrogens with zero attached hydrogens (tertiary/aromatic N) is 5. The Morgan fingerprint density at radius 2 is 2.25 bits per heavy atom. The van der Waals surface area contributed by atoms with Gasteiger partial charge in [0.2, 0.25) is 0 Å². The summed E-state index contributed by atoms with van der Waals surface area (Å²) in [5.74, 6) is 0.395. The minimum absolute atomic E-state index is 0.395. The van der Waals surface area contributed by atoms with Gasteiger partial charge in [-0.1, -0.05) is 5.21 Å². The second kappa shape index (κ2) is 4.65. The highest BCUT2D eigenvalue weighted by atomic mass is 35.5. The van der Waals surface area contributed by atoms with Crippen molar-refractivity contribution in [3.63, 3.8) is 0 Å². The van der Waals surface area contributed by atoms with Crippen LogP contribution in [-0.4, -0.2) is 24.8 Å². The molecule has 0 aliphatic heterocycles. The van der Waals surface area contributed by atoms with Crippen LogP contribution in [0.25, 0.3) is 0 Å². The van der Waals surface area contributed by atoms with Gasteiger partial charge in [-0.3, -0.25) is 4.68 Å². The molecule has 0 aromatic carbocycles. The summed E-state index contributed by atoms with van der Waals surface area (Å²) < 4.78 is 3.75. The molecule has 0 unspecified atom stereocenters. The van der Waals surface area contributed by atoms with Crippen LogP contribution in [0.1, 0.15) is 24.0 Å². The molecule has 0 spiro atoms. The van der Waals surface area contributed by atoms with Crippen LogP contribution in [0.2, 0.25) is 0 Å². The highest BCUT2D eigenvalue weighted by Gasteiger charge is 2.06. The maximum atomic E-state index is 5.67. The smallest absolute Gasteiger partial charge is 0.0974 e. The van der Waals surface area contributed by atoms with E-state index in [1.54, 1.807) is 4.68 Å². The minimum Gasteiger partial charge on any atom is -0.268 e. The van der Waals surface area contributed by atoms with Crippen LogP contribution in [0, 0.1) is 6.92 Å². The summed E-state index contributed by atoms with van der Waals surface area (Å²) in [7, 11) is 0. The fourth-order valence-electron chi connectivity index (χ4n) is 1.64. The zero-order valence-corrected chi connectivity index (χ0v) is 10.1. The van der Waals surface area contributed by atoms with Crippen LogP contribution in [0.15, 0.2) is 12.3 Å². The molecule has 2 heterocycles. The van der Waals surface area contributed by atoms with Crippen molar-refractivity contribution in [1.82, 2.24) is 24.8 Å². The highest BCUT2D eigenvalue weighted by Crippen LogP contribution is 2.06. The van der Waals surface area contributed by atoms with Crippen molar-refractivity contribution in [1.29, 1.82) is 0 Å². The lowest BCUT2D eigenvalue weighted by Gasteiger charge is -2.03. The molecule has 86 valence electrons. The molecule has 2 rings (SSSR count). The molecule has 5 nitrogen and oxygen atoms in total. The van der Waals surface area contributed by atoms with Crippen LogP contribution in [0.3, 0.4) is 0 Å². The molecule has 0 saturated heterocycles. The lowest BCUT2D eigenvalue weighted by atomic mass is 10.3. The Labute approximate surface area is 99.0 Å². The monoisotopic (exact) mass is 239 g/mol. The molecule has 0 aliphatic carbocycles. The van der Waals surface area contributed by atoms with E-state index in [2.05, 4.69) is 28.4 Å². The second-order valence-electron chi connectivity index (χ2n) is 3.63. The number of aromatic nitrogens is 5. The largest absolute Gasteiger partial charge is 0.268 e. The predicted molar refractivity (Wildman–Crippen MR) is 61.3 cm³/mol. The molecule has 0 atom stereocenters. The quantitative estimate of drug-likeness (QED) is 0.762. The van der Waals surface area contributed by atoms with Gasteiger partial charge < -0.3 is 0 Å². The zero-order chi connectivity index (χ0) is 11.5. The maximum absolute atomic E-state index is 5.67. The molecule has 0 radical (unpaired) electrons. The summed E-state index contributed by atoms with van der Waals surface area (Å²) in [6.07, 6.45) is 1.86. The third-order valence-electron chi connectivity index (χ3n) is 2.33. The number of hydrogen-bond donors (Lipinski definition) is 0. The van der Waals surface area contributed by atoms with Gasteiger partial charge in [-0.25, -0.2) is 4.68 Å². The first-order valence-corrected chi connectivity index (χ1v) is 5.74. The van der Waals surface area contributed by atoms with Gasteiger partial charge in [0, 0.05) is 6.54 Å². The molecular formula is C10H14ClN5. The van der Waals surface area contributed by atoms with Crippen LogP contribution in [0.5, 0.6) is 0 Å². The summed E-state index contributed by atoms with van der Waals surface area (Å²) in [5, 5.41) is 12.3. The van der Waals surface area contributed by atoms with E-state index in [1.165, 1.54) is 0 Å². The fourth-order valence-corrected chi connectivity index (χ4v) is 1.77. The van der Waals surface area contributed by atoms with E-state index in [4.69, 9.17) is 11.6 Å². The first kappa shape index (κ1) is 11.1. The van der Waals surface area contributed by atoms with E-state index in [0.717, 1.165) is 23.6 Å². The van der Waals surface area contributed by atoms with E-state index in [1.807, 2.05) is 17.8 Å². The van der Waals surface area contributed by atoms with Crippen molar-refractivity contribution in [2.75, 3.05) is 0 Å². The molecule has 6 heteroatoms. The van der Waals surface area contributed by atoms with Crippen LogP contribution in [0.4, 0.5) is 0 Å². The Morgan fingerprint density at radius 1 is 1.44 bits per heavy atom. The molecule has 0 fully saturated rings. The van der Waals surface area contributed by atoms with Crippen LogP contribution in [-0.2, 0) is 19.0 Å². The molecular weight excluding hydrogens is 226 g/mol. The van der Waals surface area contributed by atoms with E-state index < -0.39 is 0 Å². The van der Waals surface area contributed by atoms with Crippen molar-refractivity contribution >= 4 is 11.6 Å².